The van der Waals surface area contributed by atoms with Crippen molar-refractivity contribution in [3.05, 3.63) is 53.6 Å². The third-order valence-corrected chi connectivity index (χ3v) is 5.37. The standard InChI is InChI=1S/C23H28N2O4/c1-4-25(15-16-9-11-20(28-2)21(13-16)29-3)22(26)12-10-18-14-17-7-5-6-8-19(17)24-23(18)27/h5-9,11,13,18H,4,10,12,14-15H2,1-3H3,(H,24,27). The van der Waals surface area contributed by atoms with Crippen LogP contribution in [0.3, 0.4) is 0 Å². The number of nitrogens with zero attached hydrogens (tertiary/aromatic N) is 1. The predicted octanol–water partition coefficient (Wildman–Crippen LogP) is 3.64. The molecule has 0 saturated carbocycles. The zero-order valence-corrected chi connectivity index (χ0v) is 17.2. The molecule has 6 heteroatoms. The highest BCUT2D eigenvalue weighted by atomic mass is 16.5. The molecule has 1 unspecified atom stereocenters. The van der Waals surface area contributed by atoms with E-state index in [1.165, 1.54) is 0 Å². The van der Waals surface area contributed by atoms with Gasteiger partial charge in [-0.2, -0.15) is 0 Å². The van der Waals surface area contributed by atoms with Gasteiger partial charge in [-0.25, -0.2) is 0 Å². The number of carbonyl (C=O) groups is 2. The summed E-state index contributed by atoms with van der Waals surface area (Å²) in [7, 11) is 3.19. The second-order valence-corrected chi connectivity index (χ2v) is 7.18. The van der Waals surface area contributed by atoms with Crippen LogP contribution < -0.4 is 14.8 Å². The van der Waals surface area contributed by atoms with Crippen molar-refractivity contribution in [2.45, 2.75) is 32.7 Å². The number of benzene rings is 2. The summed E-state index contributed by atoms with van der Waals surface area (Å²) in [6, 6.07) is 13.5. The van der Waals surface area contributed by atoms with Crippen molar-refractivity contribution in [2.24, 2.45) is 5.92 Å². The van der Waals surface area contributed by atoms with Crippen LogP contribution in [0.15, 0.2) is 42.5 Å². The minimum Gasteiger partial charge on any atom is -0.493 e. The lowest BCUT2D eigenvalue weighted by atomic mass is 9.89. The summed E-state index contributed by atoms with van der Waals surface area (Å²) in [5.41, 5.74) is 2.98. The zero-order chi connectivity index (χ0) is 20.8. The van der Waals surface area contributed by atoms with Gasteiger partial charge >= 0.3 is 0 Å². The Kier molecular flexibility index (Phi) is 6.75. The molecule has 6 nitrogen and oxygen atoms in total. The van der Waals surface area contributed by atoms with Crippen LogP contribution >= 0.6 is 0 Å². The molecule has 0 saturated heterocycles. The van der Waals surface area contributed by atoms with E-state index >= 15 is 0 Å². The Morgan fingerprint density at radius 1 is 1.14 bits per heavy atom. The number of amides is 2. The highest BCUT2D eigenvalue weighted by Gasteiger charge is 2.27. The van der Waals surface area contributed by atoms with E-state index in [4.69, 9.17) is 9.47 Å². The molecule has 1 N–H and O–H groups in total. The molecule has 0 radical (unpaired) electrons. The Morgan fingerprint density at radius 3 is 2.62 bits per heavy atom. The molecule has 2 aromatic carbocycles. The van der Waals surface area contributed by atoms with Crippen molar-refractivity contribution in [1.82, 2.24) is 4.90 Å². The molecule has 1 atom stereocenters. The van der Waals surface area contributed by atoms with E-state index in [1.807, 2.05) is 49.4 Å². The summed E-state index contributed by atoms with van der Waals surface area (Å²) in [4.78, 5) is 27.0. The molecule has 2 amide bonds. The van der Waals surface area contributed by atoms with E-state index in [-0.39, 0.29) is 17.7 Å². The zero-order valence-electron chi connectivity index (χ0n) is 17.2. The first-order valence-corrected chi connectivity index (χ1v) is 9.93. The van der Waals surface area contributed by atoms with Crippen LogP contribution in [0.2, 0.25) is 0 Å². The largest absolute Gasteiger partial charge is 0.493 e. The topological polar surface area (TPSA) is 67.9 Å². The molecule has 0 spiro atoms. The molecule has 0 aliphatic carbocycles. The van der Waals surface area contributed by atoms with Crippen LogP contribution in [-0.2, 0) is 22.6 Å². The van der Waals surface area contributed by atoms with Crippen molar-refractivity contribution in [3.63, 3.8) is 0 Å². The smallest absolute Gasteiger partial charge is 0.227 e. The highest BCUT2D eigenvalue weighted by Crippen LogP contribution is 2.29. The number of methoxy groups -OCH3 is 2. The molecular weight excluding hydrogens is 368 g/mol. The van der Waals surface area contributed by atoms with E-state index in [0.29, 0.717) is 43.9 Å². The van der Waals surface area contributed by atoms with Crippen molar-refractivity contribution < 1.29 is 19.1 Å². The van der Waals surface area contributed by atoms with Crippen molar-refractivity contribution in [2.75, 3.05) is 26.1 Å². The minimum atomic E-state index is -0.173. The monoisotopic (exact) mass is 396 g/mol. The average molecular weight is 396 g/mol. The molecular formula is C23H28N2O4. The fraction of sp³-hybridized carbons (Fsp3) is 0.391. The molecule has 1 aliphatic rings. The van der Waals surface area contributed by atoms with E-state index in [9.17, 15) is 9.59 Å². The van der Waals surface area contributed by atoms with E-state index in [0.717, 1.165) is 16.8 Å². The van der Waals surface area contributed by atoms with Gasteiger partial charge in [0.05, 0.1) is 14.2 Å². The number of rotatable bonds is 8. The van der Waals surface area contributed by atoms with Gasteiger partial charge in [-0.3, -0.25) is 9.59 Å². The predicted molar refractivity (Wildman–Crippen MR) is 112 cm³/mol. The Morgan fingerprint density at radius 2 is 1.90 bits per heavy atom. The second kappa shape index (κ2) is 9.45. The summed E-state index contributed by atoms with van der Waals surface area (Å²) in [5, 5.41) is 2.95. The highest BCUT2D eigenvalue weighted by molar-refractivity contribution is 5.96. The van der Waals surface area contributed by atoms with Gasteiger partial charge in [-0.05, 0) is 49.1 Å². The van der Waals surface area contributed by atoms with E-state index in [1.54, 1.807) is 19.1 Å². The molecule has 0 bridgehead atoms. The lowest BCUT2D eigenvalue weighted by Gasteiger charge is -2.26. The van der Waals surface area contributed by atoms with Crippen LogP contribution in [0.1, 0.15) is 30.9 Å². The first-order chi connectivity index (χ1) is 14.0. The number of hydrogen-bond donors (Lipinski definition) is 1. The van der Waals surface area contributed by atoms with Gasteiger partial charge in [0.15, 0.2) is 11.5 Å². The summed E-state index contributed by atoms with van der Waals surface area (Å²) in [5.74, 6) is 1.18. The lowest BCUT2D eigenvalue weighted by Crippen LogP contribution is -2.33. The maximum atomic E-state index is 12.8. The number of para-hydroxylation sites is 1. The number of hydrogen-bond acceptors (Lipinski definition) is 4. The second-order valence-electron chi connectivity index (χ2n) is 7.18. The van der Waals surface area contributed by atoms with Gasteiger partial charge in [0, 0.05) is 31.1 Å². The van der Waals surface area contributed by atoms with Crippen LogP contribution in [-0.4, -0.2) is 37.5 Å². The fourth-order valence-electron chi connectivity index (χ4n) is 3.68. The van der Waals surface area contributed by atoms with E-state index < -0.39 is 0 Å². The number of ether oxygens (including phenoxy) is 2. The van der Waals surface area contributed by atoms with Gasteiger partial charge in [0.1, 0.15) is 0 Å². The van der Waals surface area contributed by atoms with Crippen molar-refractivity contribution >= 4 is 17.5 Å². The van der Waals surface area contributed by atoms with Gasteiger partial charge in [-0.15, -0.1) is 0 Å². The summed E-state index contributed by atoms with van der Waals surface area (Å²) < 4.78 is 10.6. The summed E-state index contributed by atoms with van der Waals surface area (Å²) >= 11 is 0. The minimum absolute atomic E-state index is 0.000519. The van der Waals surface area contributed by atoms with Gasteiger partial charge < -0.3 is 19.7 Å². The average Bonchev–Trinajstić information content (AvgIpc) is 2.75. The Labute approximate surface area is 171 Å². The van der Waals surface area contributed by atoms with Crippen LogP contribution in [0, 0.1) is 5.92 Å². The summed E-state index contributed by atoms with van der Waals surface area (Å²) in [6.45, 7) is 3.06. The SMILES string of the molecule is CCN(Cc1ccc(OC)c(OC)c1)C(=O)CCC1Cc2ccccc2NC1=O. The number of fused-ring (bicyclic) bond motifs is 1. The van der Waals surface area contributed by atoms with E-state index in [2.05, 4.69) is 5.32 Å². The third-order valence-electron chi connectivity index (χ3n) is 5.37. The number of nitrogens with one attached hydrogen (secondary N) is 1. The maximum absolute atomic E-state index is 12.8. The normalized spacial score (nSPS) is 15.3. The Hall–Kier alpha value is -3.02. The molecule has 29 heavy (non-hydrogen) atoms. The molecule has 2 aromatic rings. The van der Waals surface area contributed by atoms with Crippen molar-refractivity contribution in [3.8, 4) is 11.5 Å². The van der Waals surface area contributed by atoms with Crippen molar-refractivity contribution in [1.29, 1.82) is 0 Å². The fourth-order valence-corrected chi connectivity index (χ4v) is 3.68. The lowest BCUT2D eigenvalue weighted by molar-refractivity contribution is -0.132. The number of carbonyl (C=O) groups excluding carboxylic acids is 2. The van der Waals surface area contributed by atoms with Gasteiger partial charge in [-0.1, -0.05) is 24.3 Å². The van der Waals surface area contributed by atoms with Gasteiger partial charge in [0.2, 0.25) is 11.8 Å². The maximum Gasteiger partial charge on any atom is 0.227 e. The first kappa shape index (κ1) is 20.7. The van der Waals surface area contributed by atoms with Crippen LogP contribution in [0.4, 0.5) is 5.69 Å². The van der Waals surface area contributed by atoms with Gasteiger partial charge in [0.25, 0.3) is 0 Å². The number of anilines is 1. The summed E-state index contributed by atoms with van der Waals surface area (Å²) in [6.07, 6.45) is 1.57. The molecule has 1 aliphatic heterocycles. The van der Waals surface area contributed by atoms with Crippen LogP contribution in [0.25, 0.3) is 0 Å². The molecule has 3 rings (SSSR count). The molecule has 154 valence electrons. The molecule has 1 heterocycles. The Bertz CT molecular complexity index is 881. The first-order valence-electron chi connectivity index (χ1n) is 9.93. The Balaban J connectivity index is 1.60. The molecule has 0 aromatic heterocycles. The molecule has 0 fully saturated rings. The quantitative estimate of drug-likeness (QED) is 0.740. The third kappa shape index (κ3) is 4.88. The van der Waals surface area contributed by atoms with Crippen LogP contribution in [0.5, 0.6) is 11.5 Å².